The first-order chi connectivity index (χ1) is 9.29. The molecule has 2 atom stereocenters. The summed E-state index contributed by atoms with van der Waals surface area (Å²) < 4.78 is 6.04. The average molecular weight is 268 g/mol. The number of nitrogens with one attached hydrogen (secondary N) is 1. The molecule has 0 aromatic rings. The van der Waals surface area contributed by atoms with Gasteiger partial charge in [-0.1, -0.05) is 33.1 Å². The van der Waals surface area contributed by atoms with Crippen molar-refractivity contribution in [2.24, 2.45) is 5.92 Å². The molecule has 3 nitrogen and oxygen atoms in total. The topological polar surface area (TPSA) is 24.5 Å². The molecule has 2 rings (SSSR count). The zero-order valence-electron chi connectivity index (χ0n) is 12.9. The summed E-state index contributed by atoms with van der Waals surface area (Å²) in [6.45, 7) is 10.2. The quantitative estimate of drug-likeness (QED) is 0.801. The maximum Gasteiger partial charge on any atom is 0.0597 e. The van der Waals surface area contributed by atoms with Crippen molar-refractivity contribution in [2.75, 3.05) is 32.8 Å². The van der Waals surface area contributed by atoms with Gasteiger partial charge in [-0.3, -0.25) is 0 Å². The molecule has 19 heavy (non-hydrogen) atoms. The molecule has 1 saturated heterocycles. The monoisotopic (exact) mass is 268 g/mol. The Kier molecular flexibility index (Phi) is 6.62. The highest BCUT2D eigenvalue weighted by atomic mass is 16.5. The van der Waals surface area contributed by atoms with Gasteiger partial charge in [0.1, 0.15) is 0 Å². The minimum atomic E-state index is 0.561. The van der Waals surface area contributed by atoms with E-state index in [1.54, 1.807) is 0 Å². The van der Waals surface area contributed by atoms with Crippen LogP contribution in [0.1, 0.15) is 52.4 Å². The summed E-state index contributed by atoms with van der Waals surface area (Å²) in [6.07, 6.45) is 8.59. The van der Waals surface area contributed by atoms with Crippen LogP contribution < -0.4 is 5.32 Å². The van der Waals surface area contributed by atoms with Crippen LogP contribution in [0.2, 0.25) is 0 Å². The van der Waals surface area contributed by atoms with Gasteiger partial charge in [0, 0.05) is 19.1 Å². The molecule has 1 aliphatic carbocycles. The molecule has 0 spiro atoms. The molecule has 0 radical (unpaired) electrons. The van der Waals surface area contributed by atoms with Crippen molar-refractivity contribution in [2.45, 2.75) is 64.5 Å². The molecular weight excluding hydrogens is 236 g/mol. The number of nitrogens with zero attached hydrogens (tertiary/aromatic N) is 1. The van der Waals surface area contributed by atoms with E-state index in [2.05, 4.69) is 24.1 Å². The smallest absolute Gasteiger partial charge is 0.0597 e. The molecular formula is C16H32N2O. The van der Waals surface area contributed by atoms with Gasteiger partial charge in [-0.05, 0) is 38.3 Å². The van der Waals surface area contributed by atoms with Crippen molar-refractivity contribution in [1.29, 1.82) is 0 Å². The van der Waals surface area contributed by atoms with E-state index in [1.807, 2.05) is 0 Å². The first-order valence-electron chi connectivity index (χ1n) is 8.37. The highest BCUT2D eigenvalue weighted by Gasteiger charge is 2.25. The average Bonchev–Trinajstić information content (AvgIpc) is 2.43. The molecule has 2 fully saturated rings. The second-order valence-corrected chi connectivity index (χ2v) is 6.36. The van der Waals surface area contributed by atoms with Gasteiger partial charge in [-0.25, -0.2) is 0 Å². The minimum absolute atomic E-state index is 0.561. The van der Waals surface area contributed by atoms with E-state index in [4.69, 9.17) is 4.74 Å². The van der Waals surface area contributed by atoms with Gasteiger partial charge in [-0.15, -0.1) is 0 Å². The van der Waals surface area contributed by atoms with Crippen LogP contribution in [0.15, 0.2) is 0 Å². The van der Waals surface area contributed by atoms with E-state index in [-0.39, 0.29) is 0 Å². The molecule has 1 aliphatic heterocycles. The third-order valence-corrected chi connectivity index (χ3v) is 4.77. The van der Waals surface area contributed by atoms with Crippen molar-refractivity contribution in [3.05, 3.63) is 0 Å². The molecule has 2 aliphatic rings. The van der Waals surface area contributed by atoms with Gasteiger partial charge in [0.05, 0.1) is 12.7 Å². The zero-order valence-corrected chi connectivity index (χ0v) is 12.9. The first-order valence-corrected chi connectivity index (χ1v) is 8.37. The number of piperidine rings is 1. The van der Waals surface area contributed by atoms with Gasteiger partial charge in [0.15, 0.2) is 0 Å². The van der Waals surface area contributed by atoms with Crippen LogP contribution in [-0.2, 0) is 4.74 Å². The summed E-state index contributed by atoms with van der Waals surface area (Å²) in [6, 6.07) is 0.723. The largest absolute Gasteiger partial charge is 0.377 e. The van der Waals surface area contributed by atoms with E-state index in [0.29, 0.717) is 6.10 Å². The third-order valence-electron chi connectivity index (χ3n) is 4.77. The number of ether oxygens (including phenoxy) is 1. The lowest BCUT2D eigenvalue weighted by Gasteiger charge is -2.37. The lowest BCUT2D eigenvalue weighted by Crippen LogP contribution is -2.49. The lowest BCUT2D eigenvalue weighted by molar-refractivity contribution is 0.00919. The van der Waals surface area contributed by atoms with Gasteiger partial charge in [0.25, 0.3) is 0 Å². The van der Waals surface area contributed by atoms with Crippen LogP contribution in [0, 0.1) is 5.92 Å². The zero-order chi connectivity index (χ0) is 13.5. The van der Waals surface area contributed by atoms with Crippen LogP contribution in [0.4, 0.5) is 0 Å². The van der Waals surface area contributed by atoms with E-state index in [9.17, 15) is 0 Å². The maximum atomic E-state index is 6.04. The van der Waals surface area contributed by atoms with Crippen molar-refractivity contribution in [3.8, 4) is 0 Å². The second-order valence-electron chi connectivity index (χ2n) is 6.36. The fourth-order valence-electron chi connectivity index (χ4n) is 3.58. The fraction of sp³-hybridized carbons (Fsp3) is 1.00. The van der Waals surface area contributed by atoms with Crippen LogP contribution in [0.5, 0.6) is 0 Å². The number of hydrogen-bond donors (Lipinski definition) is 1. The third kappa shape index (κ3) is 5.05. The molecule has 2 unspecified atom stereocenters. The molecule has 0 aromatic carbocycles. The molecule has 112 valence electrons. The fourth-order valence-corrected chi connectivity index (χ4v) is 3.58. The maximum absolute atomic E-state index is 6.04. The SMILES string of the molecule is CCNC1CCN(CCOC2CCCCC2)CC1C. The Bertz CT molecular complexity index is 241. The normalized spacial score (nSPS) is 30.6. The van der Waals surface area contributed by atoms with E-state index in [0.717, 1.165) is 31.7 Å². The molecule has 3 heteroatoms. The number of hydrogen-bond acceptors (Lipinski definition) is 3. The van der Waals surface area contributed by atoms with Crippen LogP contribution >= 0.6 is 0 Å². The van der Waals surface area contributed by atoms with Crippen molar-refractivity contribution in [1.82, 2.24) is 10.2 Å². The lowest BCUT2D eigenvalue weighted by atomic mass is 9.94. The van der Waals surface area contributed by atoms with Gasteiger partial charge < -0.3 is 15.0 Å². The Morgan fingerprint density at radius 3 is 2.63 bits per heavy atom. The van der Waals surface area contributed by atoms with Gasteiger partial charge in [-0.2, -0.15) is 0 Å². The Labute approximate surface area is 119 Å². The summed E-state index contributed by atoms with van der Waals surface area (Å²) in [5, 5.41) is 3.60. The van der Waals surface area contributed by atoms with Crippen LogP contribution in [0.3, 0.4) is 0 Å². The molecule has 1 N–H and O–H groups in total. The van der Waals surface area contributed by atoms with Gasteiger partial charge in [0.2, 0.25) is 0 Å². The number of likely N-dealkylation sites (tertiary alicyclic amines) is 1. The van der Waals surface area contributed by atoms with Crippen molar-refractivity contribution < 1.29 is 4.74 Å². The molecule has 0 aromatic heterocycles. The van der Waals surface area contributed by atoms with Crippen molar-refractivity contribution in [3.63, 3.8) is 0 Å². The Balaban J connectivity index is 1.59. The standard InChI is InChI=1S/C16H32N2O/c1-3-17-16-9-10-18(13-14(16)2)11-12-19-15-7-5-4-6-8-15/h14-17H,3-13H2,1-2H3. The first kappa shape index (κ1) is 15.3. The molecule has 1 saturated carbocycles. The molecule has 0 bridgehead atoms. The highest BCUT2D eigenvalue weighted by molar-refractivity contribution is 4.82. The van der Waals surface area contributed by atoms with E-state index >= 15 is 0 Å². The highest BCUT2D eigenvalue weighted by Crippen LogP contribution is 2.20. The Morgan fingerprint density at radius 2 is 1.95 bits per heavy atom. The summed E-state index contributed by atoms with van der Waals surface area (Å²) >= 11 is 0. The van der Waals surface area contributed by atoms with Crippen molar-refractivity contribution >= 4 is 0 Å². The van der Waals surface area contributed by atoms with Crippen LogP contribution in [-0.4, -0.2) is 49.8 Å². The molecule has 0 amide bonds. The summed E-state index contributed by atoms with van der Waals surface area (Å²) in [4.78, 5) is 2.58. The molecule has 1 heterocycles. The minimum Gasteiger partial charge on any atom is -0.377 e. The Morgan fingerprint density at radius 1 is 1.16 bits per heavy atom. The second kappa shape index (κ2) is 8.23. The number of rotatable bonds is 6. The summed E-state index contributed by atoms with van der Waals surface area (Å²) in [7, 11) is 0. The van der Waals surface area contributed by atoms with Crippen LogP contribution in [0.25, 0.3) is 0 Å². The Hall–Kier alpha value is -0.120. The summed E-state index contributed by atoms with van der Waals surface area (Å²) in [5.41, 5.74) is 0. The predicted molar refractivity (Wildman–Crippen MR) is 80.5 cm³/mol. The van der Waals surface area contributed by atoms with Gasteiger partial charge >= 0.3 is 0 Å². The van der Waals surface area contributed by atoms with E-state index < -0.39 is 0 Å². The predicted octanol–water partition coefficient (Wildman–Crippen LogP) is 2.66. The van der Waals surface area contributed by atoms with E-state index in [1.165, 1.54) is 51.6 Å². The summed E-state index contributed by atoms with van der Waals surface area (Å²) in [5.74, 6) is 0.767.